The first kappa shape index (κ1) is 22.9. The Labute approximate surface area is 186 Å². The van der Waals surface area contributed by atoms with Crippen molar-refractivity contribution >= 4 is 47.0 Å². The number of hydrogen-bond acceptors (Lipinski definition) is 3. The molecule has 0 spiro atoms. The van der Waals surface area contributed by atoms with Crippen LogP contribution in [0.3, 0.4) is 0 Å². The van der Waals surface area contributed by atoms with Gasteiger partial charge in [-0.05, 0) is 50.5 Å². The lowest BCUT2D eigenvalue weighted by Crippen LogP contribution is -2.40. The Morgan fingerprint density at radius 2 is 2.04 bits per heavy atom. The van der Waals surface area contributed by atoms with Crippen molar-refractivity contribution in [2.24, 2.45) is 10.9 Å². The van der Waals surface area contributed by atoms with Crippen LogP contribution in [0.4, 0.5) is 14.5 Å². The van der Waals surface area contributed by atoms with E-state index in [-0.39, 0.29) is 24.0 Å². The summed E-state index contributed by atoms with van der Waals surface area (Å²) in [5, 5.41) is 6.69. The number of benzene rings is 1. The van der Waals surface area contributed by atoms with Crippen LogP contribution >= 0.6 is 35.3 Å². The summed E-state index contributed by atoms with van der Waals surface area (Å²) in [6, 6.07) is 8.34. The molecule has 1 aromatic heterocycles. The van der Waals surface area contributed by atoms with Gasteiger partial charge in [0.25, 0.3) is 0 Å². The SMILES string of the molecule is CCNC(=NCc1ccc(C)s1)NCC1CCN(c2ccc(F)c(F)c2)C1.I. The van der Waals surface area contributed by atoms with E-state index in [9.17, 15) is 8.78 Å². The molecule has 8 heteroatoms. The van der Waals surface area contributed by atoms with E-state index in [0.717, 1.165) is 44.2 Å². The number of nitrogens with one attached hydrogen (secondary N) is 2. The zero-order chi connectivity index (χ0) is 19.2. The van der Waals surface area contributed by atoms with Crippen LogP contribution in [0.25, 0.3) is 0 Å². The van der Waals surface area contributed by atoms with Crippen LogP contribution in [0.15, 0.2) is 35.3 Å². The Hall–Kier alpha value is -1.42. The molecule has 1 atom stereocenters. The van der Waals surface area contributed by atoms with Gasteiger partial charge in [0.05, 0.1) is 6.54 Å². The molecule has 4 nitrogen and oxygen atoms in total. The first-order valence-electron chi connectivity index (χ1n) is 9.32. The Bertz CT molecular complexity index is 796. The summed E-state index contributed by atoms with van der Waals surface area (Å²) in [7, 11) is 0. The third kappa shape index (κ3) is 6.30. The van der Waals surface area contributed by atoms with Crippen molar-refractivity contribution in [1.29, 1.82) is 0 Å². The van der Waals surface area contributed by atoms with E-state index in [1.807, 2.05) is 6.92 Å². The van der Waals surface area contributed by atoms with Gasteiger partial charge in [0.1, 0.15) is 0 Å². The van der Waals surface area contributed by atoms with E-state index in [4.69, 9.17) is 0 Å². The molecule has 28 heavy (non-hydrogen) atoms. The Balaban J connectivity index is 0.00000280. The number of thiophene rings is 1. The Morgan fingerprint density at radius 3 is 2.71 bits per heavy atom. The van der Waals surface area contributed by atoms with E-state index in [2.05, 4.69) is 39.6 Å². The lowest BCUT2D eigenvalue weighted by Gasteiger charge is -2.19. The standard InChI is InChI=1S/C20H26F2N4S.HI/c1-3-23-20(25-12-17-6-4-14(2)27-17)24-11-15-8-9-26(13-15)16-5-7-18(21)19(22)10-16;/h4-7,10,15H,3,8-9,11-13H2,1-2H3,(H2,23,24,25);1H. The Morgan fingerprint density at radius 1 is 1.21 bits per heavy atom. The van der Waals surface area contributed by atoms with E-state index in [1.54, 1.807) is 17.4 Å². The summed E-state index contributed by atoms with van der Waals surface area (Å²) in [6.45, 7) is 8.09. The number of guanidine groups is 1. The van der Waals surface area contributed by atoms with Crippen molar-refractivity contribution in [3.8, 4) is 0 Å². The van der Waals surface area contributed by atoms with E-state index in [0.29, 0.717) is 12.5 Å². The van der Waals surface area contributed by atoms with Crippen molar-refractivity contribution in [3.05, 3.63) is 51.7 Å². The minimum Gasteiger partial charge on any atom is -0.371 e. The summed E-state index contributed by atoms with van der Waals surface area (Å²) in [6.07, 6.45) is 1.01. The maximum atomic E-state index is 13.5. The zero-order valence-electron chi connectivity index (χ0n) is 16.2. The van der Waals surface area contributed by atoms with Crippen molar-refractivity contribution in [3.63, 3.8) is 0 Å². The average Bonchev–Trinajstić information content (AvgIpc) is 3.29. The van der Waals surface area contributed by atoms with Crippen LogP contribution in [-0.2, 0) is 6.54 Å². The molecule has 0 aliphatic carbocycles. The van der Waals surface area contributed by atoms with Gasteiger partial charge in [0, 0.05) is 47.7 Å². The molecule has 1 aromatic carbocycles. The molecule has 1 aliphatic rings. The van der Waals surface area contributed by atoms with Gasteiger partial charge >= 0.3 is 0 Å². The van der Waals surface area contributed by atoms with Gasteiger partial charge in [-0.1, -0.05) is 0 Å². The lowest BCUT2D eigenvalue weighted by atomic mass is 10.1. The predicted molar refractivity (Wildman–Crippen MR) is 124 cm³/mol. The van der Waals surface area contributed by atoms with Gasteiger partial charge in [0.15, 0.2) is 17.6 Å². The highest BCUT2D eigenvalue weighted by Gasteiger charge is 2.23. The second kappa shape index (κ2) is 10.9. The number of rotatable bonds is 6. The molecule has 1 saturated heterocycles. The quantitative estimate of drug-likeness (QED) is 0.334. The maximum Gasteiger partial charge on any atom is 0.191 e. The third-order valence-corrected chi connectivity index (χ3v) is 5.63. The molecule has 0 saturated carbocycles. The van der Waals surface area contributed by atoms with Gasteiger partial charge in [-0.15, -0.1) is 35.3 Å². The lowest BCUT2D eigenvalue weighted by molar-refractivity contribution is 0.508. The first-order valence-corrected chi connectivity index (χ1v) is 10.1. The van der Waals surface area contributed by atoms with E-state index in [1.165, 1.54) is 21.9 Å². The van der Waals surface area contributed by atoms with E-state index >= 15 is 0 Å². The van der Waals surface area contributed by atoms with Crippen LogP contribution in [0, 0.1) is 24.5 Å². The van der Waals surface area contributed by atoms with Crippen LogP contribution in [0.2, 0.25) is 0 Å². The smallest absolute Gasteiger partial charge is 0.191 e. The van der Waals surface area contributed by atoms with Crippen LogP contribution in [0.5, 0.6) is 0 Å². The molecule has 0 amide bonds. The second-order valence-electron chi connectivity index (χ2n) is 6.79. The predicted octanol–water partition coefficient (Wildman–Crippen LogP) is 4.53. The monoisotopic (exact) mass is 520 g/mol. The van der Waals surface area contributed by atoms with Gasteiger partial charge in [-0.25, -0.2) is 13.8 Å². The van der Waals surface area contributed by atoms with E-state index < -0.39 is 11.6 Å². The average molecular weight is 520 g/mol. The highest BCUT2D eigenvalue weighted by molar-refractivity contribution is 14.0. The van der Waals surface area contributed by atoms with Crippen molar-refractivity contribution in [2.75, 3.05) is 31.1 Å². The minimum atomic E-state index is -0.802. The molecule has 3 rings (SSSR count). The van der Waals surface area contributed by atoms with Crippen molar-refractivity contribution in [1.82, 2.24) is 10.6 Å². The van der Waals surface area contributed by atoms with Crippen LogP contribution in [0.1, 0.15) is 23.1 Å². The van der Waals surface area contributed by atoms with Gasteiger partial charge in [-0.3, -0.25) is 0 Å². The fourth-order valence-corrected chi connectivity index (χ4v) is 4.04. The number of nitrogens with zero attached hydrogens (tertiary/aromatic N) is 2. The fourth-order valence-electron chi connectivity index (χ4n) is 3.23. The molecule has 1 unspecified atom stereocenters. The molecule has 2 N–H and O–H groups in total. The second-order valence-corrected chi connectivity index (χ2v) is 8.16. The highest BCUT2D eigenvalue weighted by Crippen LogP contribution is 2.25. The summed E-state index contributed by atoms with van der Waals surface area (Å²) in [5.74, 6) is -0.344. The zero-order valence-corrected chi connectivity index (χ0v) is 19.3. The topological polar surface area (TPSA) is 39.7 Å². The summed E-state index contributed by atoms with van der Waals surface area (Å²) >= 11 is 1.76. The first-order chi connectivity index (χ1) is 13.0. The van der Waals surface area contributed by atoms with Crippen molar-refractivity contribution in [2.45, 2.75) is 26.8 Å². The summed E-state index contributed by atoms with van der Waals surface area (Å²) < 4.78 is 26.6. The van der Waals surface area contributed by atoms with Gasteiger partial charge in [-0.2, -0.15) is 0 Å². The number of halogens is 3. The largest absolute Gasteiger partial charge is 0.371 e. The van der Waals surface area contributed by atoms with Crippen LogP contribution < -0.4 is 15.5 Å². The maximum absolute atomic E-state index is 13.5. The van der Waals surface area contributed by atoms with Gasteiger partial charge < -0.3 is 15.5 Å². The fraction of sp³-hybridized carbons (Fsp3) is 0.450. The normalized spacial score (nSPS) is 16.8. The number of hydrogen-bond donors (Lipinski definition) is 2. The molecule has 154 valence electrons. The summed E-state index contributed by atoms with van der Waals surface area (Å²) in [4.78, 5) is 9.30. The Kier molecular flexibility index (Phi) is 8.94. The van der Waals surface area contributed by atoms with Gasteiger partial charge in [0.2, 0.25) is 0 Å². The summed E-state index contributed by atoms with van der Waals surface area (Å²) in [5.41, 5.74) is 0.741. The molecule has 2 heterocycles. The number of anilines is 1. The minimum absolute atomic E-state index is 0. The molecule has 1 aliphatic heterocycles. The molecule has 0 bridgehead atoms. The van der Waals surface area contributed by atoms with Crippen LogP contribution in [-0.4, -0.2) is 32.1 Å². The van der Waals surface area contributed by atoms with Crippen molar-refractivity contribution < 1.29 is 8.78 Å². The number of aliphatic imine (C=N–C) groups is 1. The molecule has 1 fully saturated rings. The highest BCUT2D eigenvalue weighted by atomic mass is 127. The third-order valence-electron chi connectivity index (χ3n) is 4.65. The molecule has 2 aromatic rings. The molecular formula is C20H27F2IN4S. The molecular weight excluding hydrogens is 493 g/mol. The number of aryl methyl sites for hydroxylation is 1. The molecule has 0 radical (unpaired) electrons.